The number of rotatable bonds is 5. The smallest absolute Gasteiger partial charge is 0.337 e. The summed E-state index contributed by atoms with van der Waals surface area (Å²) in [5.74, 6) is -0.167. The lowest BCUT2D eigenvalue weighted by molar-refractivity contribution is 0.0696. The van der Waals surface area contributed by atoms with Crippen LogP contribution >= 0.6 is 0 Å². The Morgan fingerprint density at radius 3 is 2.41 bits per heavy atom. The van der Waals surface area contributed by atoms with Crippen LogP contribution in [0.4, 0.5) is 0 Å². The van der Waals surface area contributed by atoms with E-state index in [2.05, 4.69) is 25.3 Å². The Morgan fingerprint density at radius 1 is 1.41 bits per heavy atom. The Morgan fingerprint density at radius 2 is 2.00 bits per heavy atom. The standard InChI is InChI=1S/C14H23NO2/c1-6-9(2)7-10(3)15-11(4)8-13(12(15)5)14(16)17/h8-10H,6-7H2,1-5H3,(H,16,17). The average Bonchev–Trinajstić information content (AvgIpc) is 2.54. The van der Waals surface area contributed by atoms with E-state index in [9.17, 15) is 4.79 Å². The quantitative estimate of drug-likeness (QED) is 0.846. The molecule has 17 heavy (non-hydrogen) atoms. The van der Waals surface area contributed by atoms with Gasteiger partial charge in [0, 0.05) is 17.4 Å². The van der Waals surface area contributed by atoms with Crippen LogP contribution in [0.3, 0.4) is 0 Å². The van der Waals surface area contributed by atoms with Crippen LogP contribution in [0.15, 0.2) is 6.07 Å². The van der Waals surface area contributed by atoms with E-state index in [0.29, 0.717) is 17.5 Å². The van der Waals surface area contributed by atoms with Gasteiger partial charge in [-0.05, 0) is 39.2 Å². The molecule has 0 saturated carbocycles. The van der Waals surface area contributed by atoms with Crippen molar-refractivity contribution in [2.24, 2.45) is 5.92 Å². The molecular weight excluding hydrogens is 214 g/mol. The average molecular weight is 237 g/mol. The minimum Gasteiger partial charge on any atom is -0.478 e. The van der Waals surface area contributed by atoms with E-state index in [1.165, 1.54) is 0 Å². The number of hydrogen-bond donors (Lipinski definition) is 1. The molecular formula is C14H23NO2. The summed E-state index contributed by atoms with van der Waals surface area (Å²) < 4.78 is 2.15. The van der Waals surface area contributed by atoms with E-state index in [-0.39, 0.29) is 0 Å². The lowest BCUT2D eigenvalue weighted by Crippen LogP contribution is -2.12. The molecule has 0 saturated heterocycles. The van der Waals surface area contributed by atoms with E-state index >= 15 is 0 Å². The van der Waals surface area contributed by atoms with E-state index < -0.39 is 5.97 Å². The molecule has 1 N–H and O–H groups in total. The van der Waals surface area contributed by atoms with Crippen LogP contribution in [0, 0.1) is 19.8 Å². The number of aromatic nitrogens is 1. The van der Waals surface area contributed by atoms with Crippen molar-refractivity contribution in [3.63, 3.8) is 0 Å². The van der Waals surface area contributed by atoms with Crippen molar-refractivity contribution in [3.8, 4) is 0 Å². The number of aromatic carboxylic acids is 1. The summed E-state index contributed by atoms with van der Waals surface area (Å²) in [4.78, 5) is 11.1. The first-order valence-corrected chi connectivity index (χ1v) is 6.30. The second kappa shape index (κ2) is 5.39. The normalized spacial score (nSPS) is 14.6. The molecule has 96 valence electrons. The fourth-order valence-electron chi connectivity index (χ4n) is 2.53. The first-order valence-electron chi connectivity index (χ1n) is 6.30. The molecule has 2 unspecified atom stereocenters. The minimum absolute atomic E-state index is 0.359. The Labute approximate surface area is 103 Å². The van der Waals surface area contributed by atoms with Gasteiger partial charge >= 0.3 is 5.97 Å². The summed E-state index contributed by atoms with van der Waals surface area (Å²) >= 11 is 0. The molecule has 0 amide bonds. The van der Waals surface area contributed by atoms with Crippen molar-refractivity contribution in [1.29, 1.82) is 0 Å². The molecule has 0 radical (unpaired) electrons. The van der Waals surface area contributed by atoms with Gasteiger partial charge in [-0.25, -0.2) is 4.79 Å². The van der Waals surface area contributed by atoms with Crippen molar-refractivity contribution in [2.45, 2.75) is 53.5 Å². The predicted molar refractivity (Wildman–Crippen MR) is 69.6 cm³/mol. The van der Waals surface area contributed by atoms with Crippen molar-refractivity contribution in [2.75, 3.05) is 0 Å². The van der Waals surface area contributed by atoms with Gasteiger partial charge in [-0.1, -0.05) is 20.3 Å². The second-order valence-corrected chi connectivity index (χ2v) is 5.06. The first kappa shape index (κ1) is 13.8. The Bertz CT molecular complexity index is 407. The number of nitrogens with zero attached hydrogens (tertiary/aromatic N) is 1. The van der Waals surface area contributed by atoms with Gasteiger partial charge in [-0.2, -0.15) is 0 Å². The van der Waals surface area contributed by atoms with Crippen LogP contribution in [0.2, 0.25) is 0 Å². The van der Waals surface area contributed by atoms with E-state index in [4.69, 9.17) is 5.11 Å². The molecule has 1 rings (SSSR count). The minimum atomic E-state index is -0.833. The highest BCUT2D eigenvalue weighted by Crippen LogP contribution is 2.25. The zero-order chi connectivity index (χ0) is 13.2. The fraction of sp³-hybridized carbons (Fsp3) is 0.643. The number of aryl methyl sites for hydroxylation is 1. The maximum atomic E-state index is 11.1. The van der Waals surface area contributed by atoms with E-state index in [1.807, 2.05) is 13.8 Å². The summed E-state index contributed by atoms with van der Waals surface area (Å²) in [5, 5.41) is 9.10. The molecule has 2 atom stereocenters. The summed E-state index contributed by atoms with van der Waals surface area (Å²) in [5.41, 5.74) is 2.33. The second-order valence-electron chi connectivity index (χ2n) is 5.06. The van der Waals surface area contributed by atoms with Gasteiger partial charge in [-0.3, -0.25) is 0 Å². The molecule has 3 heteroatoms. The van der Waals surface area contributed by atoms with Gasteiger partial charge in [0.25, 0.3) is 0 Å². The third kappa shape index (κ3) is 2.90. The molecule has 0 aliphatic carbocycles. The van der Waals surface area contributed by atoms with Crippen LogP contribution in [0.5, 0.6) is 0 Å². The Kier molecular flexibility index (Phi) is 4.38. The van der Waals surface area contributed by atoms with Crippen molar-refractivity contribution < 1.29 is 9.90 Å². The topological polar surface area (TPSA) is 42.2 Å². The summed E-state index contributed by atoms with van der Waals surface area (Å²) in [6, 6.07) is 2.13. The number of hydrogen-bond acceptors (Lipinski definition) is 1. The first-order chi connectivity index (χ1) is 7.88. The van der Waals surface area contributed by atoms with Crippen LogP contribution in [0.1, 0.15) is 61.4 Å². The van der Waals surface area contributed by atoms with Crippen molar-refractivity contribution in [3.05, 3.63) is 23.0 Å². The van der Waals surface area contributed by atoms with Gasteiger partial charge in [0.05, 0.1) is 5.56 Å². The van der Waals surface area contributed by atoms with Crippen LogP contribution in [-0.2, 0) is 0 Å². The molecule has 1 aromatic heterocycles. The third-order valence-corrected chi connectivity index (χ3v) is 3.60. The maximum absolute atomic E-state index is 11.1. The molecule has 0 aliphatic rings. The Hall–Kier alpha value is -1.25. The molecule has 0 aromatic carbocycles. The highest BCUT2D eigenvalue weighted by atomic mass is 16.4. The highest BCUT2D eigenvalue weighted by molar-refractivity contribution is 5.89. The SMILES string of the molecule is CCC(C)CC(C)n1c(C)cc(C(=O)O)c1C. The molecule has 0 bridgehead atoms. The maximum Gasteiger partial charge on any atom is 0.337 e. The molecule has 0 aliphatic heterocycles. The lowest BCUT2D eigenvalue weighted by atomic mass is 10.00. The van der Waals surface area contributed by atoms with Gasteiger partial charge < -0.3 is 9.67 Å². The van der Waals surface area contributed by atoms with Crippen molar-refractivity contribution in [1.82, 2.24) is 4.57 Å². The molecule has 3 nitrogen and oxygen atoms in total. The van der Waals surface area contributed by atoms with E-state index in [0.717, 1.165) is 24.2 Å². The van der Waals surface area contributed by atoms with Crippen LogP contribution in [0.25, 0.3) is 0 Å². The van der Waals surface area contributed by atoms with Gasteiger partial charge in [0.2, 0.25) is 0 Å². The molecule has 0 spiro atoms. The lowest BCUT2D eigenvalue weighted by Gasteiger charge is -2.21. The van der Waals surface area contributed by atoms with Crippen LogP contribution in [-0.4, -0.2) is 15.6 Å². The largest absolute Gasteiger partial charge is 0.478 e. The van der Waals surface area contributed by atoms with Crippen LogP contribution < -0.4 is 0 Å². The summed E-state index contributed by atoms with van der Waals surface area (Å²) in [6.07, 6.45) is 2.25. The Balaban J connectivity index is 3.01. The van der Waals surface area contributed by atoms with Crippen molar-refractivity contribution >= 4 is 5.97 Å². The summed E-state index contributed by atoms with van der Waals surface area (Å²) in [7, 11) is 0. The zero-order valence-electron chi connectivity index (χ0n) is 11.4. The monoisotopic (exact) mass is 237 g/mol. The van der Waals surface area contributed by atoms with Gasteiger partial charge in [-0.15, -0.1) is 0 Å². The fourth-order valence-corrected chi connectivity index (χ4v) is 2.53. The molecule has 1 heterocycles. The summed E-state index contributed by atoms with van der Waals surface area (Å²) in [6.45, 7) is 10.5. The van der Waals surface area contributed by atoms with Gasteiger partial charge in [0.15, 0.2) is 0 Å². The number of carbonyl (C=O) groups is 1. The number of carboxylic acid groups (broad SMARTS) is 1. The molecule has 1 aromatic rings. The van der Waals surface area contributed by atoms with Gasteiger partial charge in [0.1, 0.15) is 0 Å². The predicted octanol–water partition coefficient (Wildman–Crippen LogP) is 3.80. The zero-order valence-corrected chi connectivity index (χ0v) is 11.4. The highest BCUT2D eigenvalue weighted by Gasteiger charge is 2.18. The third-order valence-electron chi connectivity index (χ3n) is 3.60. The molecule has 0 fully saturated rings. The van der Waals surface area contributed by atoms with E-state index in [1.54, 1.807) is 6.07 Å². The number of carboxylic acids is 1.